The maximum atomic E-state index is 6.01. The standard InChI is InChI=1S/C17H30N2O/c1-13-10-17(12-19(13)16(2,3)4)11-15(18-20-17)14-8-6-5-7-9-14/h13-14H,5-12H2,1-4H3/t13-,17+/m1/s1. The van der Waals surface area contributed by atoms with Crippen molar-refractivity contribution in [3.05, 3.63) is 0 Å². The number of hydrogen-bond donors (Lipinski definition) is 0. The van der Waals surface area contributed by atoms with Gasteiger partial charge in [0.1, 0.15) is 0 Å². The second-order valence-electron chi connectivity index (χ2n) is 8.22. The van der Waals surface area contributed by atoms with Crippen LogP contribution in [-0.4, -0.2) is 34.3 Å². The third kappa shape index (κ3) is 2.61. The van der Waals surface area contributed by atoms with Gasteiger partial charge in [0, 0.05) is 36.9 Å². The van der Waals surface area contributed by atoms with Crippen molar-refractivity contribution in [2.24, 2.45) is 11.1 Å². The van der Waals surface area contributed by atoms with Crippen LogP contribution < -0.4 is 0 Å². The van der Waals surface area contributed by atoms with Gasteiger partial charge in [-0.2, -0.15) is 0 Å². The number of rotatable bonds is 1. The van der Waals surface area contributed by atoms with E-state index in [1.54, 1.807) is 0 Å². The highest BCUT2D eigenvalue weighted by Gasteiger charge is 2.51. The smallest absolute Gasteiger partial charge is 0.157 e. The first kappa shape index (κ1) is 14.4. The Kier molecular flexibility index (Phi) is 3.60. The number of hydrogen-bond acceptors (Lipinski definition) is 3. The summed E-state index contributed by atoms with van der Waals surface area (Å²) in [5.74, 6) is 0.710. The first-order valence-electron chi connectivity index (χ1n) is 8.41. The quantitative estimate of drug-likeness (QED) is 0.725. The van der Waals surface area contributed by atoms with Crippen LogP contribution in [0.3, 0.4) is 0 Å². The van der Waals surface area contributed by atoms with Crippen LogP contribution in [0.2, 0.25) is 0 Å². The zero-order chi connectivity index (χ0) is 14.4. The fourth-order valence-electron chi connectivity index (χ4n) is 4.48. The van der Waals surface area contributed by atoms with Crippen molar-refractivity contribution in [3.63, 3.8) is 0 Å². The Labute approximate surface area is 123 Å². The molecule has 0 amide bonds. The van der Waals surface area contributed by atoms with Gasteiger partial charge in [0.05, 0.1) is 5.71 Å². The van der Waals surface area contributed by atoms with Crippen molar-refractivity contribution in [3.8, 4) is 0 Å². The Morgan fingerprint density at radius 3 is 2.50 bits per heavy atom. The van der Waals surface area contributed by atoms with E-state index in [2.05, 4.69) is 37.8 Å². The third-order valence-corrected chi connectivity index (χ3v) is 5.46. The summed E-state index contributed by atoms with van der Waals surface area (Å²) in [4.78, 5) is 8.60. The molecule has 2 heterocycles. The molecule has 0 unspecified atom stereocenters. The molecule has 1 aliphatic carbocycles. The van der Waals surface area contributed by atoms with Gasteiger partial charge in [-0.05, 0) is 40.5 Å². The molecule has 2 aliphatic heterocycles. The summed E-state index contributed by atoms with van der Waals surface area (Å²) in [5, 5.41) is 4.54. The molecule has 0 aromatic carbocycles. The van der Waals surface area contributed by atoms with E-state index in [0.717, 1.165) is 19.4 Å². The molecule has 1 saturated carbocycles. The van der Waals surface area contributed by atoms with Gasteiger partial charge in [-0.3, -0.25) is 4.90 Å². The summed E-state index contributed by atoms with van der Waals surface area (Å²) < 4.78 is 0. The summed E-state index contributed by atoms with van der Waals surface area (Å²) in [7, 11) is 0. The molecule has 3 aliphatic rings. The average Bonchev–Trinajstić information content (AvgIpc) is 2.95. The largest absolute Gasteiger partial charge is 0.387 e. The fraction of sp³-hybridized carbons (Fsp3) is 0.941. The normalized spacial score (nSPS) is 36.4. The van der Waals surface area contributed by atoms with Crippen LogP contribution in [0.5, 0.6) is 0 Å². The van der Waals surface area contributed by atoms with E-state index in [9.17, 15) is 0 Å². The van der Waals surface area contributed by atoms with Crippen molar-refractivity contribution >= 4 is 5.71 Å². The Bertz CT molecular complexity index is 392. The minimum absolute atomic E-state index is 0.0144. The van der Waals surface area contributed by atoms with Crippen molar-refractivity contribution in [1.29, 1.82) is 0 Å². The number of oxime groups is 1. The lowest BCUT2D eigenvalue weighted by Crippen LogP contribution is -2.45. The lowest BCUT2D eigenvalue weighted by molar-refractivity contribution is -0.0168. The highest BCUT2D eigenvalue weighted by atomic mass is 16.7. The van der Waals surface area contributed by atoms with E-state index in [1.807, 2.05) is 0 Å². The molecule has 3 nitrogen and oxygen atoms in total. The first-order valence-corrected chi connectivity index (χ1v) is 8.41. The SMILES string of the molecule is C[C@@H]1C[C@]2(CC(C3CCCCC3)=NO2)CN1C(C)(C)C. The third-order valence-electron chi connectivity index (χ3n) is 5.46. The predicted molar refractivity (Wildman–Crippen MR) is 83.0 cm³/mol. The molecule has 2 fully saturated rings. The molecule has 3 rings (SSSR count). The second-order valence-corrected chi connectivity index (χ2v) is 8.22. The molecule has 20 heavy (non-hydrogen) atoms. The summed E-state index contributed by atoms with van der Waals surface area (Å²) in [6, 6.07) is 0.593. The highest BCUT2D eigenvalue weighted by molar-refractivity contribution is 5.88. The Balaban J connectivity index is 1.66. The monoisotopic (exact) mass is 278 g/mol. The molecule has 1 spiro atoms. The van der Waals surface area contributed by atoms with E-state index < -0.39 is 0 Å². The molecule has 0 aromatic rings. The fourth-order valence-corrected chi connectivity index (χ4v) is 4.48. The summed E-state index contributed by atoms with van der Waals surface area (Å²) >= 11 is 0. The average molecular weight is 278 g/mol. The molecule has 114 valence electrons. The maximum Gasteiger partial charge on any atom is 0.157 e. The molecule has 3 heteroatoms. The molecule has 0 N–H and O–H groups in total. The van der Waals surface area contributed by atoms with Gasteiger partial charge < -0.3 is 4.84 Å². The Hall–Kier alpha value is -0.570. The van der Waals surface area contributed by atoms with E-state index in [-0.39, 0.29) is 11.1 Å². The summed E-state index contributed by atoms with van der Waals surface area (Å²) in [5.41, 5.74) is 1.58. The van der Waals surface area contributed by atoms with Gasteiger partial charge in [-0.25, -0.2) is 0 Å². The van der Waals surface area contributed by atoms with Gasteiger partial charge >= 0.3 is 0 Å². The molecule has 0 radical (unpaired) electrons. The second kappa shape index (κ2) is 5.01. The Morgan fingerprint density at radius 1 is 1.20 bits per heavy atom. The Morgan fingerprint density at radius 2 is 1.90 bits per heavy atom. The van der Waals surface area contributed by atoms with Crippen molar-refractivity contribution in [2.75, 3.05) is 6.54 Å². The van der Waals surface area contributed by atoms with E-state index in [1.165, 1.54) is 37.8 Å². The van der Waals surface area contributed by atoms with Gasteiger partial charge in [-0.15, -0.1) is 0 Å². The van der Waals surface area contributed by atoms with E-state index in [4.69, 9.17) is 4.84 Å². The molecular formula is C17H30N2O. The topological polar surface area (TPSA) is 24.8 Å². The van der Waals surface area contributed by atoms with Crippen molar-refractivity contribution in [2.45, 2.75) is 89.8 Å². The van der Waals surface area contributed by atoms with Crippen molar-refractivity contribution in [1.82, 2.24) is 4.90 Å². The van der Waals surface area contributed by atoms with Crippen LogP contribution in [0.1, 0.15) is 72.6 Å². The zero-order valence-electron chi connectivity index (χ0n) is 13.6. The lowest BCUT2D eigenvalue weighted by Gasteiger charge is -2.35. The van der Waals surface area contributed by atoms with Crippen molar-refractivity contribution < 1.29 is 4.84 Å². The van der Waals surface area contributed by atoms with Crippen LogP contribution in [0, 0.1) is 5.92 Å². The van der Waals surface area contributed by atoms with Gasteiger partial charge in [0.2, 0.25) is 0 Å². The molecule has 0 aromatic heterocycles. The van der Waals surface area contributed by atoms with Gasteiger partial charge in [-0.1, -0.05) is 24.4 Å². The van der Waals surface area contributed by atoms with Crippen LogP contribution in [0.25, 0.3) is 0 Å². The van der Waals surface area contributed by atoms with Gasteiger partial charge in [0.15, 0.2) is 5.60 Å². The minimum Gasteiger partial charge on any atom is -0.387 e. The lowest BCUT2D eigenvalue weighted by atomic mass is 9.81. The minimum atomic E-state index is -0.0144. The van der Waals surface area contributed by atoms with Crippen LogP contribution in [0.4, 0.5) is 0 Å². The van der Waals surface area contributed by atoms with Gasteiger partial charge in [0.25, 0.3) is 0 Å². The molecule has 0 bridgehead atoms. The van der Waals surface area contributed by atoms with E-state index in [0.29, 0.717) is 12.0 Å². The zero-order valence-corrected chi connectivity index (χ0v) is 13.6. The predicted octanol–water partition coefficient (Wildman–Crippen LogP) is 3.97. The maximum absolute atomic E-state index is 6.01. The summed E-state index contributed by atoms with van der Waals surface area (Å²) in [6.07, 6.45) is 9.03. The number of nitrogens with zero attached hydrogens (tertiary/aromatic N) is 2. The number of likely N-dealkylation sites (tertiary alicyclic amines) is 1. The first-order chi connectivity index (χ1) is 9.40. The molecule has 2 atom stereocenters. The van der Waals surface area contributed by atoms with Crippen LogP contribution in [0.15, 0.2) is 5.16 Å². The summed E-state index contributed by atoms with van der Waals surface area (Å²) in [6.45, 7) is 10.3. The van der Waals surface area contributed by atoms with E-state index >= 15 is 0 Å². The van der Waals surface area contributed by atoms with Crippen LogP contribution in [-0.2, 0) is 4.84 Å². The van der Waals surface area contributed by atoms with Crippen LogP contribution >= 0.6 is 0 Å². The molecule has 1 saturated heterocycles. The molecular weight excluding hydrogens is 248 g/mol. The highest BCUT2D eigenvalue weighted by Crippen LogP contribution is 2.42.